The Hall–Kier alpha value is 0. The molecule has 0 heteroatoms. The molecule has 0 nitrogen and oxygen atoms in total. The Labute approximate surface area is 117 Å². The van der Waals surface area contributed by atoms with Crippen LogP contribution < -0.4 is 0 Å². The summed E-state index contributed by atoms with van der Waals surface area (Å²) >= 11 is 0. The van der Waals surface area contributed by atoms with E-state index in [1.807, 2.05) is 0 Å². The van der Waals surface area contributed by atoms with Gasteiger partial charge in [0.25, 0.3) is 0 Å². The minimum Gasteiger partial charge on any atom is -0.0651 e. The molecule has 110 valence electrons. The summed E-state index contributed by atoms with van der Waals surface area (Å²) in [6.07, 6.45) is 11.4. The Balaban J connectivity index is 3.62. The maximum absolute atomic E-state index is 2.43. The first-order valence-corrected chi connectivity index (χ1v) is 8.51. The van der Waals surface area contributed by atoms with Gasteiger partial charge in [0.05, 0.1) is 0 Å². The molecular formula is C18H38. The van der Waals surface area contributed by atoms with Crippen LogP contribution in [0.1, 0.15) is 92.9 Å². The van der Waals surface area contributed by atoms with E-state index in [1.165, 1.54) is 51.4 Å². The van der Waals surface area contributed by atoms with E-state index < -0.39 is 0 Å². The van der Waals surface area contributed by atoms with Crippen LogP contribution in [0.3, 0.4) is 0 Å². The minimum absolute atomic E-state index is 0.851. The molecule has 0 spiro atoms. The molecule has 0 bridgehead atoms. The second-order valence-electron chi connectivity index (χ2n) is 6.88. The van der Waals surface area contributed by atoms with Crippen LogP contribution in [0.2, 0.25) is 0 Å². The van der Waals surface area contributed by atoms with Crippen LogP contribution >= 0.6 is 0 Å². The zero-order chi connectivity index (χ0) is 14.0. The van der Waals surface area contributed by atoms with Gasteiger partial charge in [0.15, 0.2) is 0 Å². The lowest BCUT2D eigenvalue weighted by atomic mass is 9.84. The highest BCUT2D eigenvalue weighted by Gasteiger charge is 2.14. The van der Waals surface area contributed by atoms with Crippen LogP contribution in [-0.4, -0.2) is 0 Å². The number of rotatable bonds is 11. The number of hydrogen-bond donors (Lipinski definition) is 0. The highest BCUT2D eigenvalue weighted by atomic mass is 14.2. The highest BCUT2D eigenvalue weighted by molar-refractivity contribution is 4.65. The van der Waals surface area contributed by atoms with Gasteiger partial charge in [0.1, 0.15) is 0 Å². The van der Waals surface area contributed by atoms with Gasteiger partial charge < -0.3 is 0 Å². The highest BCUT2D eigenvalue weighted by Crippen LogP contribution is 2.26. The molecule has 18 heavy (non-hydrogen) atoms. The van der Waals surface area contributed by atoms with Crippen LogP contribution in [-0.2, 0) is 0 Å². The third kappa shape index (κ3) is 9.00. The monoisotopic (exact) mass is 254 g/mol. The summed E-state index contributed by atoms with van der Waals surface area (Å²) in [6, 6.07) is 0. The van der Waals surface area contributed by atoms with E-state index in [4.69, 9.17) is 0 Å². The summed E-state index contributed by atoms with van der Waals surface area (Å²) in [5.41, 5.74) is 0. The third-order valence-corrected chi connectivity index (χ3v) is 4.93. The molecule has 0 fully saturated rings. The standard InChI is InChI=1S/C18H38/c1-7-16(5)12-10-9-11-13-18(8-2)14-17(6)15(3)4/h15-18H,7-14H2,1-6H3. The van der Waals surface area contributed by atoms with Crippen molar-refractivity contribution in [3.05, 3.63) is 0 Å². The van der Waals surface area contributed by atoms with Crippen molar-refractivity contribution in [3.63, 3.8) is 0 Å². The fraction of sp³-hybridized carbons (Fsp3) is 1.00. The van der Waals surface area contributed by atoms with Gasteiger partial charge in [-0.25, -0.2) is 0 Å². The van der Waals surface area contributed by atoms with Crippen LogP contribution in [0, 0.1) is 23.7 Å². The minimum atomic E-state index is 0.851. The molecule has 0 aliphatic heterocycles. The number of unbranched alkanes of at least 4 members (excludes halogenated alkanes) is 2. The zero-order valence-electron chi connectivity index (χ0n) is 14.0. The molecule has 0 saturated heterocycles. The predicted molar refractivity (Wildman–Crippen MR) is 84.9 cm³/mol. The first kappa shape index (κ1) is 18.0. The molecule has 0 aromatic rings. The summed E-state index contributed by atoms with van der Waals surface area (Å²) in [5, 5.41) is 0. The summed E-state index contributed by atoms with van der Waals surface area (Å²) in [5.74, 6) is 3.67. The summed E-state index contributed by atoms with van der Waals surface area (Å²) in [7, 11) is 0. The van der Waals surface area contributed by atoms with Gasteiger partial charge in [0.2, 0.25) is 0 Å². The average Bonchev–Trinajstić information content (AvgIpc) is 2.36. The summed E-state index contributed by atoms with van der Waals surface area (Å²) in [4.78, 5) is 0. The molecule has 0 aliphatic rings. The molecule has 0 radical (unpaired) electrons. The van der Waals surface area contributed by atoms with Crippen molar-refractivity contribution in [2.24, 2.45) is 23.7 Å². The molecule has 0 heterocycles. The Morgan fingerprint density at radius 1 is 0.722 bits per heavy atom. The van der Waals surface area contributed by atoms with E-state index in [9.17, 15) is 0 Å². The van der Waals surface area contributed by atoms with E-state index in [1.54, 1.807) is 0 Å². The smallest absolute Gasteiger partial charge is 0.0414 e. The van der Waals surface area contributed by atoms with E-state index in [-0.39, 0.29) is 0 Å². The van der Waals surface area contributed by atoms with Gasteiger partial charge in [-0.3, -0.25) is 0 Å². The van der Waals surface area contributed by atoms with Crippen molar-refractivity contribution in [1.29, 1.82) is 0 Å². The van der Waals surface area contributed by atoms with Gasteiger partial charge >= 0.3 is 0 Å². The quantitative estimate of drug-likeness (QED) is 0.360. The largest absolute Gasteiger partial charge is 0.0651 e. The Morgan fingerprint density at radius 3 is 1.83 bits per heavy atom. The maximum atomic E-state index is 2.43. The van der Waals surface area contributed by atoms with Crippen LogP contribution in [0.25, 0.3) is 0 Å². The molecule has 0 aromatic carbocycles. The van der Waals surface area contributed by atoms with Crippen molar-refractivity contribution in [2.75, 3.05) is 0 Å². The van der Waals surface area contributed by atoms with Crippen LogP contribution in [0.4, 0.5) is 0 Å². The van der Waals surface area contributed by atoms with Gasteiger partial charge in [-0.1, -0.05) is 86.5 Å². The van der Waals surface area contributed by atoms with Crippen molar-refractivity contribution >= 4 is 0 Å². The van der Waals surface area contributed by atoms with Crippen molar-refractivity contribution < 1.29 is 0 Å². The van der Waals surface area contributed by atoms with Gasteiger partial charge in [-0.15, -0.1) is 0 Å². The van der Waals surface area contributed by atoms with Gasteiger partial charge in [-0.2, -0.15) is 0 Å². The SMILES string of the molecule is CCC(C)CCCCCC(CC)CC(C)C(C)C. The normalized spacial score (nSPS) is 16.8. The zero-order valence-corrected chi connectivity index (χ0v) is 14.0. The van der Waals surface area contributed by atoms with E-state index >= 15 is 0 Å². The van der Waals surface area contributed by atoms with E-state index in [0.717, 1.165) is 23.7 Å². The molecule has 3 unspecified atom stereocenters. The fourth-order valence-corrected chi connectivity index (χ4v) is 2.59. The first-order chi connectivity index (χ1) is 8.51. The van der Waals surface area contributed by atoms with Crippen LogP contribution in [0.5, 0.6) is 0 Å². The molecule has 0 aliphatic carbocycles. The molecule has 3 atom stereocenters. The van der Waals surface area contributed by atoms with Crippen molar-refractivity contribution in [1.82, 2.24) is 0 Å². The van der Waals surface area contributed by atoms with Crippen LogP contribution in [0.15, 0.2) is 0 Å². The molecular weight excluding hydrogens is 216 g/mol. The Kier molecular flexibility index (Phi) is 10.9. The lowest BCUT2D eigenvalue weighted by molar-refractivity contribution is 0.294. The van der Waals surface area contributed by atoms with Gasteiger partial charge in [0, 0.05) is 0 Å². The lowest BCUT2D eigenvalue weighted by Crippen LogP contribution is -2.11. The third-order valence-electron chi connectivity index (χ3n) is 4.93. The second kappa shape index (κ2) is 10.9. The van der Waals surface area contributed by atoms with Gasteiger partial charge in [-0.05, 0) is 30.1 Å². The topological polar surface area (TPSA) is 0 Å². The fourth-order valence-electron chi connectivity index (χ4n) is 2.59. The van der Waals surface area contributed by atoms with E-state index in [2.05, 4.69) is 41.5 Å². The van der Waals surface area contributed by atoms with E-state index in [0.29, 0.717) is 0 Å². The van der Waals surface area contributed by atoms with Crippen molar-refractivity contribution in [3.8, 4) is 0 Å². The Morgan fingerprint density at radius 2 is 1.33 bits per heavy atom. The first-order valence-electron chi connectivity index (χ1n) is 8.51. The number of hydrogen-bond acceptors (Lipinski definition) is 0. The summed E-state index contributed by atoms with van der Waals surface area (Å²) in [6.45, 7) is 14.2. The molecule has 0 aromatic heterocycles. The molecule has 0 amide bonds. The van der Waals surface area contributed by atoms with Crippen molar-refractivity contribution in [2.45, 2.75) is 92.9 Å². The molecule has 0 rings (SSSR count). The maximum Gasteiger partial charge on any atom is -0.0414 e. The molecule has 0 N–H and O–H groups in total. The second-order valence-corrected chi connectivity index (χ2v) is 6.88. The Bertz CT molecular complexity index is 171. The summed E-state index contributed by atoms with van der Waals surface area (Å²) < 4.78 is 0. The lowest BCUT2D eigenvalue weighted by Gasteiger charge is -2.22. The average molecular weight is 255 g/mol. The predicted octanol–water partition coefficient (Wildman–Crippen LogP) is 6.69. The molecule has 0 saturated carbocycles.